The van der Waals surface area contributed by atoms with Crippen LogP contribution in [0.25, 0.3) is 11.1 Å². The lowest BCUT2D eigenvalue weighted by Gasteiger charge is -2.21. The minimum absolute atomic E-state index is 0.00248. The molecule has 0 spiro atoms. The van der Waals surface area contributed by atoms with Crippen molar-refractivity contribution < 1.29 is 31.2 Å². The number of amides is 2. The van der Waals surface area contributed by atoms with Gasteiger partial charge < -0.3 is 0 Å². The fraction of sp³-hybridized carbons (Fsp3) is 0.300. The molecule has 2 amide bonds. The number of benzene rings is 2. The molecule has 11 heteroatoms. The Balaban J connectivity index is 1.53. The first-order valence-corrected chi connectivity index (χ1v) is 11.8. The zero-order valence-corrected chi connectivity index (χ0v) is 17.6. The molecule has 1 unspecified atom stereocenters. The number of imide groups is 1. The van der Waals surface area contributed by atoms with Gasteiger partial charge in [-0.15, -0.1) is 0 Å². The van der Waals surface area contributed by atoms with Gasteiger partial charge in [0.05, 0.1) is 22.3 Å². The summed E-state index contributed by atoms with van der Waals surface area (Å²) in [5, 5.41) is -0.361. The van der Waals surface area contributed by atoms with Gasteiger partial charge in [-0.2, -0.15) is 17.5 Å². The average molecular weight is 470 g/mol. The van der Waals surface area contributed by atoms with Crippen LogP contribution in [0.2, 0.25) is 0 Å². The Kier molecular flexibility index (Phi) is 5.61. The highest BCUT2D eigenvalue weighted by Crippen LogP contribution is 2.33. The average Bonchev–Trinajstić information content (AvgIpc) is 3.34. The van der Waals surface area contributed by atoms with Crippen molar-refractivity contribution in [3.8, 4) is 11.1 Å². The van der Waals surface area contributed by atoms with E-state index in [1.807, 2.05) is 0 Å². The van der Waals surface area contributed by atoms with Crippen LogP contribution in [0.5, 0.6) is 0 Å². The molecule has 4 rings (SSSR count). The Morgan fingerprint density at radius 3 is 2.32 bits per heavy atom. The Hall–Kier alpha value is -2.37. The Labute approximate surface area is 181 Å². The lowest BCUT2D eigenvalue weighted by atomic mass is 10.0. The van der Waals surface area contributed by atoms with Gasteiger partial charge in [-0.25, -0.2) is 8.42 Å². The molecule has 6 nitrogen and oxygen atoms in total. The fourth-order valence-electron chi connectivity index (χ4n) is 3.70. The number of sulfonamides is 1. The molecule has 2 aliphatic heterocycles. The highest BCUT2D eigenvalue weighted by molar-refractivity contribution is 8.14. The van der Waals surface area contributed by atoms with Crippen molar-refractivity contribution in [2.45, 2.75) is 23.5 Å². The summed E-state index contributed by atoms with van der Waals surface area (Å²) < 4.78 is 66.0. The number of hydrogen-bond donors (Lipinski definition) is 0. The lowest BCUT2D eigenvalue weighted by Crippen LogP contribution is -2.41. The van der Waals surface area contributed by atoms with Crippen molar-refractivity contribution in [2.24, 2.45) is 0 Å². The maximum atomic E-state index is 13.0. The van der Waals surface area contributed by atoms with E-state index in [1.165, 1.54) is 40.7 Å². The van der Waals surface area contributed by atoms with Gasteiger partial charge in [0.2, 0.25) is 15.9 Å². The predicted molar refractivity (Wildman–Crippen MR) is 109 cm³/mol. The second-order valence-electron chi connectivity index (χ2n) is 7.23. The predicted octanol–water partition coefficient (Wildman–Crippen LogP) is 3.83. The fourth-order valence-corrected chi connectivity index (χ4v) is 5.97. The van der Waals surface area contributed by atoms with Gasteiger partial charge in [-0.05, 0) is 41.8 Å². The molecule has 2 aliphatic rings. The van der Waals surface area contributed by atoms with Crippen molar-refractivity contribution >= 4 is 32.9 Å². The topological polar surface area (TPSA) is 74.8 Å². The van der Waals surface area contributed by atoms with Crippen LogP contribution in [0.4, 0.5) is 18.0 Å². The summed E-state index contributed by atoms with van der Waals surface area (Å²) in [5.74, 6) is -0.247. The number of halogens is 3. The van der Waals surface area contributed by atoms with Gasteiger partial charge in [0.25, 0.3) is 5.24 Å². The molecule has 0 saturated carbocycles. The highest BCUT2D eigenvalue weighted by atomic mass is 32.2. The van der Waals surface area contributed by atoms with Gasteiger partial charge in [0.15, 0.2) is 0 Å². The largest absolute Gasteiger partial charge is 0.416 e. The molecule has 2 aromatic carbocycles. The monoisotopic (exact) mass is 470 g/mol. The molecule has 0 bridgehead atoms. The van der Waals surface area contributed by atoms with Crippen molar-refractivity contribution in [2.75, 3.05) is 18.8 Å². The van der Waals surface area contributed by atoms with E-state index in [0.29, 0.717) is 17.5 Å². The first kappa shape index (κ1) is 21.8. The quantitative estimate of drug-likeness (QED) is 0.679. The van der Waals surface area contributed by atoms with E-state index >= 15 is 0 Å². The van der Waals surface area contributed by atoms with E-state index in [0.717, 1.165) is 28.8 Å². The minimum Gasteiger partial charge on any atom is -0.273 e. The number of thioether (sulfide) groups is 1. The maximum absolute atomic E-state index is 13.0. The summed E-state index contributed by atoms with van der Waals surface area (Å²) in [5.41, 5.74) is -0.00724. The van der Waals surface area contributed by atoms with E-state index in [2.05, 4.69) is 0 Å². The second kappa shape index (κ2) is 7.95. The Bertz CT molecular complexity index is 1120. The van der Waals surface area contributed by atoms with Crippen LogP contribution in [0.1, 0.15) is 12.0 Å². The van der Waals surface area contributed by atoms with Crippen molar-refractivity contribution in [3.05, 3.63) is 54.1 Å². The summed E-state index contributed by atoms with van der Waals surface area (Å²) >= 11 is 0.906. The zero-order chi connectivity index (χ0) is 22.4. The van der Waals surface area contributed by atoms with Gasteiger partial charge in [0, 0.05) is 13.1 Å². The smallest absolute Gasteiger partial charge is 0.273 e. The number of alkyl halides is 3. The lowest BCUT2D eigenvalue weighted by molar-refractivity contribution is -0.137. The van der Waals surface area contributed by atoms with Crippen LogP contribution < -0.4 is 0 Å². The maximum Gasteiger partial charge on any atom is 0.416 e. The molecule has 0 aliphatic carbocycles. The van der Waals surface area contributed by atoms with Gasteiger partial charge in [0.1, 0.15) is 0 Å². The van der Waals surface area contributed by atoms with Gasteiger partial charge in [-0.3, -0.25) is 14.5 Å². The molecule has 164 valence electrons. The van der Waals surface area contributed by atoms with Crippen molar-refractivity contribution in [1.82, 2.24) is 9.21 Å². The SMILES string of the molecule is O=C1CSC(=O)N1C1CCN(S(=O)(=O)c2ccc(-c3cccc(C(F)(F)F)c3)cc2)C1. The summed E-state index contributed by atoms with van der Waals surface area (Å²) in [6.45, 7) is 0.194. The summed E-state index contributed by atoms with van der Waals surface area (Å²) in [6, 6.07) is 9.92. The van der Waals surface area contributed by atoms with Crippen molar-refractivity contribution in [1.29, 1.82) is 0 Å². The van der Waals surface area contributed by atoms with Crippen LogP contribution in [0, 0.1) is 0 Å². The van der Waals surface area contributed by atoms with Crippen LogP contribution in [0.15, 0.2) is 53.4 Å². The molecular weight excluding hydrogens is 453 g/mol. The highest BCUT2D eigenvalue weighted by Gasteiger charge is 2.42. The minimum atomic E-state index is -4.47. The molecule has 2 fully saturated rings. The first-order chi connectivity index (χ1) is 14.6. The number of rotatable bonds is 4. The third-order valence-corrected chi connectivity index (χ3v) is 8.01. The molecule has 0 N–H and O–H groups in total. The van der Waals surface area contributed by atoms with Crippen LogP contribution in [-0.4, -0.2) is 53.7 Å². The molecule has 2 aromatic rings. The Morgan fingerprint density at radius 2 is 1.71 bits per heavy atom. The molecular formula is C20H17F3N2O4S2. The summed E-state index contributed by atoms with van der Waals surface area (Å²) in [6.07, 6.45) is -4.11. The number of carbonyl (C=O) groups is 2. The van der Waals surface area contributed by atoms with Crippen LogP contribution in [-0.2, 0) is 21.0 Å². The summed E-state index contributed by atoms with van der Waals surface area (Å²) in [4.78, 5) is 24.9. The molecule has 0 aromatic heterocycles. The Morgan fingerprint density at radius 1 is 1.00 bits per heavy atom. The van der Waals surface area contributed by atoms with Gasteiger partial charge in [-0.1, -0.05) is 36.0 Å². The van der Waals surface area contributed by atoms with E-state index < -0.39 is 27.8 Å². The first-order valence-electron chi connectivity index (χ1n) is 9.34. The molecule has 1 atom stereocenters. The molecule has 0 radical (unpaired) electrons. The zero-order valence-electron chi connectivity index (χ0n) is 16.0. The van der Waals surface area contributed by atoms with E-state index in [1.54, 1.807) is 0 Å². The molecule has 2 saturated heterocycles. The molecule has 2 heterocycles. The molecule has 31 heavy (non-hydrogen) atoms. The van der Waals surface area contributed by atoms with Crippen LogP contribution >= 0.6 is 11.8 Å². The van der Waals surface area contributed by atoms with Gasteiger partial charge >= 0.3 is 6.18 Å². The van der Waals surface area contributed by atoms with Crippen LogP contribution in [0.3, 0.4) is 0 Å². The third kappa shape index (κ3) is 4.21. The normalized spacial score (nSPS) is 20.6. The van der Waals surface area contributed by atoms with E-state index in [9.17, 15) is 31.2 Å². The number of hydrogen-bond acceptors (Lipinski definition) is 5. The van der Waals surface area contributed by atoms with Crippen molar-refractivity contribution in [3.63, 3.8) is 0 Å². The second-order valence-corrected chi connectivity index (χ2v) is 10.1. The standard InChI is InChI=1S/C20H17F3N2O4S2/c21-20(22,23)15-3-1-2-14(10-15)13-4-6-17(7-5-13)31(28,29)24-9-8-16(11-24)25-18(26)12-30-19(25)27/h1-7,10,16H,8-9,11-12H2. The number of nitrogens with zero attached hydrogens (tertiary/aromatic N) is 2. The summed E-state index contributed by atoms with van der Waals surface area (Å²) in [7, 11) is -3.87. The van der Waals surface area contributed by atoms with E-state index in [4.69, 9.17) is 0 Å². The van der Waals surface area contributed by atoms with E-state index in [-0.39, 0.29) is 34.9 Å². The third-order valence-electron chi connectivity index (χ3n) is 5.29. The number of carbonyl (C=O) groups excluding carboxylic acids is 2.